The van der Waals surface area contributed by atoms with Crippen LogP contribution < -0.4 is 0 Å². The van der Waals surface area contributed by atoms with E-state index in [2.05, 4.69) is 0 Å². The maximum Gasteiger partial charge on any atom is 0.341 e. The highest BCUT2D eigenvalue weighted by molar-refractivity contribution is 5.93. The minimum absolute atomic E-state index is 0.314. The predicted octanol–water partition coefficient (Wildman–Crippen LogP) is 3.32. The monoisotopic (exact) mass is 288 g/mol. The summed E-state index contributed by atoms with van der Waals surface area (Å²) in [5, 5.41) is 0. The summed E-state index contributed by atoms with van der Waals surface area (Å²) < 4.78 is 15.0. The van der Waals surface area contributed by atoms with Crippen LogP contribution in [0.5, 0.6) is 0 Å². The zero-order valence-corrected chi connectivity index (χ0v) is 12.8. The summed E-state index contributed by atoms with van der Waals surface area (Å²) in [6.07, 6.45) is 5.05. The lowest BCUT2D eigenvalue weighted by atomic mass is 10.1. The lowest BCUT2D eigenvalue weighted by molar-refractivity contribution is -0.136. The van der Waals surface area contributed by atoms with E-state index in [1.54, 1.807) is 20.1 Å². The average molecular weight is 288 g/mol. The number of carbonyl (C=O) groups is 1. The van der Waals surface area contributed by atoms with Crippen LogP contribution >= 0.6 is 0 Å². The number of hydrogen-bond donors (Lipinski definition) is 0. The van der Waals surface area contributed by atoms with Gasteiger partial charge in [0.1, 0.15) is 11.3 Å². The molecule has 21 heavy (non-hydrogen) atoms. The van der Waals surface area contributed by atoms with Gasteiger partial charge in [-0.1, -0.05) is 36.4 Å². The van der Waals surface area contributed by atoms with Gasteiger partial charge >= 0.3 is 5.97 Å². The molecular formula is C17H20O4. The number of esters is 1. The Morgan fingerprint density at radius 3 is 2.24 bits per heavy atom. The number of rotatable bonds is 6. The van der Waals surface area contributed by atoms with Crippen molar-refractivity contribution in [1.29, 1.82) is 0 Å². The number of benzene rings is 1. The van der Waals surface area contributed by atoms with E-state index in [4.69, 9.17) is 14.2 Å². The van der Waals surface area contributed by atoms with Gasteiger partial charge in [0.05, 0.1) is 27.6 Å². The van der Waals surface area contributed by atoms with Gasteiger partial charge in [0, 0.05) is 5.57 Å². The van der Waals surface area contributed by atoms with E-state index in [1.807, 2.05) is 36.4 Å². The van der Waals surface area contributed by atoms with Crippen LogP contribution in [0.2, 0.25) is 0 Å². The molecule has 1 aromatic rings. The van der Waals surface area contributed by atoms with Gasteiger partial charge in [0.25, 0.3) is 0 Å². The quantitative estimate of drug-likeness (QED) is 0.348. The molecule has 0 unspecified atom stereocenters. The Balaban J connectivity index is 3.12. The van der Waals surface area contributed by atoms with Crippen LogP contribution in [0.3, 0.4) is 0 Å². The van der Waals surface area contributed by atoms with Crippen molar-refractivity contribution in [2.24, 2.45) is 0 Å². The van der Waals surface area contributed by atoms with Gasteiger partial charge in [-0.2, -0.15) is 0 Å². The second kappa shape index (κ2) is 8.64. The Morgan fingerprint density at radius 2 is 1.71 bits per heavy atom. The van der Waals surface area contributed by atoms with Crippen LogP contribution in [-0.4, -0.2) is 27.3 Å². The van der Waals surface area contributed by atoms with Crippen molar-refractivity contribution in [2.75, 3.05) is 21.3 Å². The fraction of sp³-hybridized carbons (Fsp3) is 0.235. The number of allylic oxidation sites excluding steroid dienone is 1. The van der Waals surface area contributed by atoms with E-state index in [0.717, 1.165) is 5.56 Å². The molecule has 0 fully saturated rings. The van der Waals surface area contributed by atoms with Crippen LogP contribution in [0, 0.1) is 0 Å². The maximum absolute atomic E-state index is 11.8. The van der Waals surface area contributed by atoms with Gasteiger partial charge < -0.3 is 14.2 Å². The molecule has 0 aliphatic rings. The van der Waals surface area contributed by atoms with E-state index in [9.17, 15) is 4.79 Å². The fourth-order valence-corrected chi connectivity index (χ4v) is 1.73. The Hall–Kier alpha value is -2.49. The van der Waals surface area contributed by atoms with Crippen LogP contribution in [0.1, 0.15) is 12.5 Å². The van der Waals surface area contributed by atoms with Crippen molar-refractivity contribution in [3.8, 4) is 0 Å². The number of carbonyl (C=O) groups excluding carboxylic acids is 1. The normalized spacial score (nSPS) is 12.9. The molecule has 4 heteroatoms. The van der Waals surface area contributed by atoms with Crippen molar-refractivity contribution >= 4 is 12.0 Å². The van der Waals surface area contributed by atoms with Crippen LogP contribution in [0.4, 0.5) is 0 Å². The molecule has 112 valence electrons. The minimum atomic E-state index is -0.475. The number of ether oxygens (including phenoxy) is 3. The molecule has 4 nitrogen and oxygen atoms in total. The Morgan fingerprint density at radius 1 is 1.05 bits per heavy atom. The van der Waals surface area contributed by atoms with E-state index in [-0.39, 0.29) is 0 Å². The second-order valence-electron chi connectivity index (χ2n) is 4.20. The molecule has 1 rings (SSSR count). The zero-order valence-electron chi connectivity index (χ0n) is 12.8. The van der Waals surface area contributed by atoms with Crippen molar-refractivity contribution in [3.05, 3.63) is 65.1 Å². The first-order chi connectivity index (χ1) is 10.1. The molecule has 0 aliphatic carbocycles. The van der Waals surface area contributed by atoms with E-state index >= 15 is 0 Å². The van der Waals surface area contributed by atoms with Crippen molar-refractivity contribution < 1.29 is 19.0 Å². The first-order valence-corrected chi connectivity index (χ1v) is 6.43. The minimum Gasteiger partial charge on any atom is -0.503 e. The first kappa shape index (κ1) is 16.6. The standard InChI is InChI=1S/C17H20O4/c1-13(15(12-19-2)17(18)21-4)16(20-3)11-10-14-8-6-5-7-9-14/h5-12H,1-4H3/b11-10?,15-12?,16-13+. The summed E-state index contributed by atoms with van der Waals surface area (Å²) in [5.41, 5.74) is 1.99. The molecular weight excluding hydrogens is 268 g/mol. The average Bonchev–Trinajstić information content (AvgIpc) is 2.53. The van der Waals surface area contributed by atoms with E-state index in [1.165, 1.54) is 20.5 Å². The van der Waals surface area contributed by atoms with E-state index in [0.29, 0.717) is 16.9 Å². The van der Waals surface area contributed by atoms with Gasteiger partial charge in [0.2, 0.25) is 0 Å². The SMILES string of the molecule is COC=C(C(=O)OC)/C(C)=C(\C=Cc1ccccc1)OC. The number of hydrogen-bond acceptors (Lipinski definition) is 4. The molecule has 0 saturated carbocycles. The summed E-state index contributed by atoms with van der Waals surface area (Å²) in [6.45, 7) is 1.77. The third-order valence-electron chi connectivity index (χ3n) is 2.86. The summed E-state index contributed by atoms with van der Waals surface area (Å²) in [6, 6.07) is 9.81. The number of methoxy groups -OCH3 is 3. The molecule has 0 N–H and O–H groups in total. The molecule has 0 atom stereocenters. The maximum atomic E-state index is 11.8. The van der Waals surface area contributed by atoms with Gasteiger partial charge in [-0.25, -0.2) is 4.79 Å². The van der Waals surface area contributed by atoms with Gasteiger partial charge in [0.15, 0.2) is 0 Å². The second-order valence-corrected chi connectivity index (χ2v) is 4.20. The van der Waals surface area contributed by atoms with Crippen LogP contribution in [0.25, 0.3) is 6.08 Å². The summed E-state index contributed by atoms with van der Waals surface area (Å²) >= 11 is 0. The predicted molar refractivity (Wildman–Crippen MR) is 82.3 cm³/mol. The topological polar surface area (TPSA) is 44.8 Å². The molecule has 0 bridgehead atoms. The van der Waals surface area contributed by atoms with E-state index < -0.39 is 5.97 Å². The Kier molecular flexibility index (Phi) is 6.81. The van der Waals surface area contributed by atoms with Gasteiger partial charge in [-0.05, 0) is 18.6 Å². The van der Waals surface area contributed by atoms with Crippen LogP contribution in [-0.2, 0) is 19.0 Å². The first-order valence-electron chi connectivity index (χ1n) is 6.43. The van der Waals surface area contributed by atoms with Crippen molar-refractivity contribution in [3.63, 3.8) is 0 Å². The highest BCUT2D eigenvalue weighted by Gasteiger charge is 2.15. The van der Waals surface area contributed by atoms with Crippen molar-refractivity contribution in [1.82, 2.24) is 0 Å². The molecule has 0 radical (unpaired) electrons. The largest absolute Gasteiger partial charge is 0.503 e. The lowest BCUT2D eigenvalue weighted by Gasteiger charge is -2.10. The third kappa shape index (κ3) is 4.84. The summed E-state index contributed by atoms with van der Waals surface area (Å²) in [5.74, 6) is 0.0876. The molecule has 1 aromatic carbocycles. The molecule has 0 aliphatic heterocycles. The smallest absolute Gasteiger partial charge is 0.341 e. The summed E-state index contributed by atoms with van der Waals surface area (Å²) in [4.78, 5) is 11.8. The molecule has 0 amide bonds. The molecule has 0 heterocycles. The molecule has 0 saturated heterocycles. The molecule has 0 spiro atoms. The Labute approximate surface area is 125 Å². The lowest BCUT2D eigenvalue weighted by Crippen LogP contribution is -2.08. The highest BCUT2D eigenvalue weighted by atomic mass is 16.5. The molecule has 0 aromatic heterocycles. The highest BCUT2D eigenvalue weighted by Crippen LogP contribution is 2.19. The van der Waals surface area contributed by atoms with Crippen molar-refractivity contribution in [2.45, 2.75) is 6.92 Å². The third-order valence-corrected chi connectivity index (χ3v) is 2.86. The fourth-order valence-electron chi connectivity index (χ4n) is 1.73. The van der Waals surface area contributed by atoms with Gasteiger partial charge in [-0.3, -0.25) is 0 Å². The summed E-state index contributed by atoms with van der Waals surface area (Å²) in [7, 11) is 4.35. The van der Waals surface area contributed by atoms with Crippen LogP contribution in [0.15, 0.2) is 59.6 Å². The van der Waals surface area contributed by atoms with Gasteiger partial charge in [-0.15, -0.1) is 0 Å². The zero-order chi connectivity index (χ0) is 15.7. The Bertz CT molecular complexity index is 553.